The number of ether oxygens (including phenoxy) is 3. The second-order valence-corrected chi connectivity index (χ2v) is 7.34. The summed E-state index contributed by atoms with van der Waals surface area (Å²) in [6, 6.07) is 1.59. The maximum absolute atomic E-state index is 14.6. The first-order valence-electron chi connectivity index (χ1n) is 8.43. The largest absolute Gasteiger partial charge is 0.444 e. The van der Waals surface area contributed by atoms with Crippen LogP contribution >= 0.6 is 0 Å². The summed E-state index contributed by atoms with van der Waals surface area (Å²) in [5.41, 5.74) is 0.190. The van der Waals surface area contributed by atoms with Crippen LogP contribution in [0.25, 0.3) is 0 Å². The molecule has 26 heavy (non-hydrogen) atoms. The highest BCUT2D eigenvalue weighted by Crippen LogP contribution is 2.41. The van der Waals surface area contributed by atoms with Crippen molar-refractivity contribution in [2.45, 2.75) is 50.9 Å². The molecule has 0 N–H and O–H groups in total. The lowest BCUT2D eigenvalue weighted by molar-refractivity contribution is -0.106. The minimum Gasteiger partial charge on any atom is -0.444 e. The number of likely N-dealkylation sites (tertiary alicyclic amines) is 1. The summed E-state index contributed by atoms with van der Waals surface area (Å²) in [6.07, 6.45) is 1.19. The van der Waals surface area contributed by atoms with Gasteiger partial charge < -0.3 is 19.1 Å². The van der Waals surface area contributed by atoms with Crippen LogP contribution in [0.2, 0.25) is 0 Å². The molecule has 0 saturated carbocycles. The molecule has 1 aliphatic heterocycles. The van der Waals surface area contributed by atoms with E-state index in [-0.39, 0.29) is 13.1 Å². The summed E-state index contributed by atoms with van der Waals surface area (Å²) in [6.45, 7) is 5.03. The van der Waals surface area contributed by atoms with Crippen molar-refractivity contribution in [3.05, 3.63) is 29.6 Å². The van der Waals surface area contributed by atoms with Gasteiger partial charge in [-0.3, -0.25) is 4.98 Å². The molecule has 1 fully saturated rings. The smallest absolute Gasteiger partial charge is 0.410 e. The van der Waals surface area contributed by atoms with Crippen molar-refractivity contribution in [3.8, 4) is 0 Å². The van der Waals surface area contributed by atoms with E-state index in [1.54, 1.807) is 26.8 Å². The molecule has 1 aromatic rings. The van der Waals surface area contributed by atoms with Crippen LogP contribution in [0.15, 0.2) is 18.5 Å². The van der Waals surface area contributed by atoms with E-state index in [2.05, 4.69) is 4.98 Å². The summed E-state index contributed by atoms with van der Waals surface area (Å²) in [5.74, 6) is -4.13. The van der Waals surface area contributed by atoms with Crippen molar-refractivity contribution >= 4 is 6.09 Å². The fourth-order valence-corrected chi connectivity index (χ4v) is 2.91. The Morgan fingerprint density at radius 2 is 1.96 bits per heavy atom. The van der Waals surface area contributed by atoms with E-state index in [1.807, 2.05) is 0 Å². The van der Waals surface area contributed by atoms with Crippen LogP contribution in [-0.4, -0.2) is 54.8 Å². The van der Waals surface area contributed by atoms with Gasteiger partial charge in [0.05, 0.1) is 5.92 Å². The van der Waals surface area contributed by atoms with Gasteiger partial charge >= 0.3 is 6.09 Å². The van der Waals surface area contributed by atoms with Gasteiger partial charge in [-0.1, -0.05) is 0 Å². The molecule has 1 atom stereocenters. The molecule has 0 unspecified atom stereocenters. The SMILES string of the molecule is COC(OC)c1cncc([C@H]2CN(C(=O)OC(C)(C)C)CCC2(F)F)c1. The number of carbonyl (C=O) groups is 1. The number of amides is 1. The van der Waals surface area contributed by atoms with Gasteiger partial charge in [0.2, 0.25) is 0 Å². The zero-order valence-electron chi connectivity index (χ0n) is 15.8. The van der Waals surface area contributed by atoms with Crippen molar-refractivity contribution in [2.75, 3.05) is 27.3 Å². The summed E-state index contributed by atoms with van der Waals surface area (Å²) in [4.78, 5) is 17.6. The van der Waals surface area contributed by atoms with E-state index in [0.717, 1.165) is 0 Å². The number of hydrogen-bond donors (Lipinski definition) is 0. The first kappa shape index (κ1) is 20.5. The fraction of sp³-hybridized carbons (Fsp3) is 0.667. The molecule has 2 heterocycles. The number of piperidine rings is 1. The maximum atomic E-state index is 14.6. The van der Waals surface area contributed by atoms with Gasteiger partial charge in [-0.2, -0.15) is 0 Å². The van der Waals surface area contributed by atoms with E-state index < -0.39 is 36.2 Å². The van der Waals surface area contributed by atoms with E-state index in [4.69, 9.17) is 14.2 Å². The molecule has 1 aliphatic rings. The normalized spacial score (nSPS) is 20.3. The van der Waals surface area contributed by atoms with Gasteiger partial charge in [-0.05, 0) is 32.4 Å². The molecule has 2 rings (SSSR count). The van der Waals surface area contributed by atoms with Crippen molar-refractivity contribution < 1.29 is 27.8 Å². The Kier molecular flexibility index (Phi) is 6.18. The summed E-state index contributed by atoms with van der Waals surface area (Å²) in [7, 11) is 2.92. The monoisotopic (exact) mass is 372 g/mol. The molecule has 8 heteroatoms. The van der Waals surface area contributed by atoms with Crippen molar-refractivity contribution in [1.29, 1.82) is 0 Å². The van der Waals surface area contributed by atoms with E-state index >= 15 is 0 Å². The predicted octanol–water partition coefficient (Wildman–Crippen LogP) is 3.73. The Morgan fingerprint density at radius 1 is 1.31 bits per heavy atom. The molecule has 0 radical (unpaired) electrons. The topological polar surface area (TPSA) is 60.9 Å². The highest BCUT2D eigenvalue weighted by atomic mass is 19.3. The third-order valence-corrected chi connectivity index (χ3v) is 4.16. The van der Waals surface area contributed by atoms with Crippen molar-refractivity contribution in [3.63, 3.8) is 0 Å². The average molecular weight is 372 g/mol. The average Bonchev–Trinajstić information content (AvgIpc) is 2.54. The number of alkyl halides is 2. The Balaban J connectivity index is 2.25. The molecule has 6 nitrogen and oxygen atoms in total. The number of rotatable bonds is 4. The van der Waals surface area contributed by atoms with Gasteiger partial charge in [-0.15, -0.1) is 0 Å². The van der Waals surface area contributed by atoms with Crippen molar-refractivity contribution in [1.82, 2.24) is 9.88 Å². The highest BCUT2D eigenvalue weighted by Gasteiger charge is 2.46. The lowest BCUT2D eigenvalue weighted by atomic mass is 9.87. The summed E-state index contributed by atoms with van der Waals surface area (Å²) >= 11 is 0. The van der Waals surface area contributed by atoms with Gasteiger partial charge in [0.1, 0.15) is 5.60 Å². The minimum absolute atomic E-state index is 0.0513. The maximum Gasteiger partial charge on any atom is 0.410 e. The van der Waals surface area contributed by atoms with E-state index in [9.17, 15) is 13.6 Å². The van der Waals surface area contributed by atoms with Crippen LogP contribution in [-0.2, 0) is 14.2 Å². The van der Waals surface area contributed by atoms with Gasteiger partial charge in [-0.25, -0.2) is 13.6 Å². The number of pyridine rings is 1. The number of carbonyl (C=O) groups excluding carboxylic acids is 1. The number of methoxy groups -OCH3 is 2. The van der Waals surface area contributed by atoms with Gasteiger partial charge in [0.25, 0.3) is 5.92 Å². The molecule has 0 aliphatic carbocycles. The number of aromatic nitrogens is 1. The molecule has 0 aromatic carbocycles. The lowest BCUT2D eigenvalue weighted by Crippen LogP contribution is -2.49. The second-order valence-electron chi connectivity index (χ2n) is 7.34. The first-order chi connectivity index (χ1) is 12.1. The Labute approximate surface area is 152 Å². The van der Waals surface area contributed by atoms with E-state index in [0.29, 0.717) is 11.1 Å². The van der Waals surface area contributed by atoms with E-state index in [1.165, 1.54) is 31.5 Å². The quantitative estimate of drug-likeness (QED) is 0.754. The Hall–Kier alpha value is -1.80. The third kappa shape index (κ3) is 4.88. The molecule has 1 amide bonds. The highest BCUT2D eigenvalue weighted by molar-refractivity contribution is 5.68. The molecule has 1 saturated heterocycles. The molecule has 0 spiro atoms. The predicted molar refractivity (Wildman–Crippen MR) is 91.1 cm³/mol. The lowest BCUT2D eigenvalue weighted by Gasteiger charge is -2.39. The standard InChI is InChI=1S/C18H26F2N2O4/c1-17(2,3)26-16(23)22-7-6-18(19,20)14(11-22)12-8-13(10-21-9-12)15(24-4)25-5/h8-10,14-15H,6-7,11H2,1-5H3/t14-/m1/s1. The van der Waals surface area contributed by atoms with Crippen molar-refractivity contribution in [2.24, 2.45) is 0 Å². The number of nitrogens with zero attached hydrogens (tertiary/aromatic N) is 2. The van der Waals surface area contributed by atoms with Gasteiger partial charge in [0, 0.05) is 51.7 Å². The van der Waals surface area contributed by atoms with Crippen LogP contribution in [0, 0.1) is 0 Å². The number of hydrogen-bond acceptors (Lipinski definition) is 5. The zero-order chi connectivity index (χ0) is 19.5. The Morgan fingerprint density at radius 3 is 2.54 bits per heavy atom. The van der Waals surface area contributed by atoms with Crippen LogP contribution in [0.5, 0.6) is 0 Å². The van der Waals surface area contributed by atoms with Crippen LogP contribution in [0.4, 0.5) is 13.6 Å². The Bertz CT molecular complexity index is 630. The molecule has 1 aromatic heterocycles. The molecular formula is C18H26F2N2O4. The minimum atomic E-state index is -2.95. The first-order valence-corrected chi connectivity index (χ1v) is 8.43. The summed E-state index contributed by atoms with van der Waals surface area (Å²) < 4.78 is 44.7. The molecular weight excluding hydrogens is 346 g/mol. The van der Waals surface area contributed by atoms with Crippen LogP contribution < -0.4 is 0 Å². The van der Waals surface area contributed by atoms with Crippen LogP contribution in [0.1, 0.15) is 50.5 Å². The second kappa shape index (κ2) is 7.84. The third-order valence-electron chi connectivity index (χ3n) is 4.16. The van der Waals surface area contributed by atoms with Gasteiger partial charge in [0.15, 0.2) is 6.29 Å². The summed E-state index contributed by atoms with van der Waals surface area (Å²) in [5, 5.41) is 0. The van der Waals surface area contributed by atoms with Crippen LogP contribution in [0.3, 0.4) is 0 Å². The zero-order valence-corrected chi connectivity index (χ0v) is 15.8. The number of halogens is 2. The fourth-order valence-electron chi connectivity index (χ4n) is 2.91. The molecule has 0 bridgehead atoms. The molecule has 146 valence electrons.